The van der Waals surface area contributed by atoms with Gasteiger partial charge in [0.25, 0.3) is 5.91 Å². The first-order chi connectivity index (χ1) is 20.8. The van der Waals surface area contributed by atoms with Gasteiger partial charge in [-0.1, -0.05) is 54.9 Å². The number of amides is 2. The van der Waals surface area contributed by atoms with Crippen molar-refractivity contribution in [1.29, 1.82) is 0 Å². The Kier molecular flexibility index (Phi) is 9.89. The van der Waals surface area contributed by atoms with E-state index in [0.717, 1.165) is 48.4 Å². The highest BCUT2D eigenvalue weighted by Gasteiger charge is 2.26. The Bertz CT molecular complexity index is 1560. The summed E-state index contributed by atoms with van der Waals surface area (Å²) in [5, 5.41) is 5.10. The first-order valence-electron chi connectivity index (χ1n) is 14.8. The van der Waals surface area contributed by atoms with E-state index >= 15 is 0 Å². The molecule has 0 N–H and O–H groups in total. The largest absolute Gasteiger partial charge is 0.332 e. The van der Waals surface area contributed by atoms with Gasteiger partial charge in [-0.3, -0.25) is 19.2 Å². The van der Waals surface area contributed by atoms with Crippen LogP contribution in [0.5, 0.6) is 0 Å². The fourth-order valence-electron chi connectivity index (χ4n) is 5.56. The Balaban J connectivity index is 1.50. The lowest BCUT2D eigenvalue weighted by atomic mass is 10.1. The summed E-state index contributed by atoms with van der Waals surface area (Å²) >= 11 is 6.46. The molecule has 2 heterocycles. The zero-order chi connectivity index (χ0) is 30.3. The number of aromatic nitrogens is 2. The van der Waals surface area contributed by atoms with E-state index in [0.29, 0.717) is 43.3 Å². The van der Waals surface area contributed by atoms with Gasteiger partial charge in [-0.25, -0.2) is 4.39 Å². The summed E-state index contributed by atoms with van der Waals surface area (Å²) in [5.41, 5.74) is 4.59. The van der Waals surface area contributed by atoms with Crippen molar-refractivity contribution >= 4 is 29.1 Å². The number of anilines is 1. The number of carbonyl (C=O) groups is 2. The first kappa shape index (κ1) is 30.4. The molecule has 5 rings (SSSR count). The lowest BCUT2D eigenvalue weighted by Gasteiger charge is -2.28. The third kappa shape index (κ3) is 7.50. The number of benzene rings is 3. The molecule has 1 aromatic heterocycles. The molecule has 9 heteroatoms. The molecule has 0 fully saturated rings. The Hall–Kier alpha value is -4.01. The molecule has 43 heavy (non-hydrogen) atoms. The lowest BCUT2D eigenvalue weighted by Crippen LogP contribution is -2.38. The van der Waals surface area contributed by atoms with Gasteiger partial charge in [0.15, 0.2) is 5.69 Å². The Morgan fingerprint density at radius 1 is 0.930 bits per heavy atom. The van der Waals surface area contributed by atoms with E-state index in [1.54, 1.807) is 40.9 Å². The minimum Gasteiger partial charge on any atom is -0.332 e. The number of hydrogen-bond donors (Lipinski definition) is 0. The normalized spacial score (nSPS) is 14.7. The number of carbonyl (C=O) groups excluding carboxylic acids is 2. The number of halogens is 2. The number of hydrogen-bond acceptors (Lipinski definition) is 4. The SMILES string of the molecule is CCCC(=O)N1CCCN(Cc2ccccc2)CCN(C(=O)c2cc(-c3ccc(F)cc3)n(C)n2)Cc2ccc(Cl)cc21. The van der Waals surface area contributed by atoms with Gasteiger partial charge >= 0.3 is 0 Å². The summed E-state index contributed by atoms with van der Waals surface area (Å²) in [4.78, 5) is 33.5. The minimum atomic E-state index is -0.323. The molecule has 3 aromatic carbocycles. The van der Waals surface area contributed by atoms with Gasteiger partial charge in [0.2, 0.25) is 5.91 Å². The molecule has 0 saturated heterocycles. The quantitative estimate of drug-likeness (QED) is 0.251. The van der Waals surface area contributed by atoms with Crippen LogP contribution in [0.4, 0.5) is 10.1 Å². The monoisotopic (exact) mass is 601 g/mol. The van der Waals surface area contributed by atoms with Crippen LogP contribution < -0.4 is 4.90 Å². The lowest BCUT2D eigenvalue weighted by molar-refractivity contribution is -0.118. The van der Waals surface area contributed by atoms with Gasteiger partial charge in [0.05, 0.1) is 11.4 Å². The highest BCUT2D eigenvalue weighted by molar-refractivity contribution is 6.31. The zero-order valence-electron chi connectivity index (χ0n) is 24.7. The molecule has 0 bridgehead atoms. The molecule has 0 unspecified atom stereocenters. The smallest absolute Gasteiger partial charge is 0.274 e. The fourth-order valence-corrected chi connectivity index (χ4v) is 5.73. The van der Waals surface area contributed by atoms with E-state index in [2.05, 4.69) is 22.1 Å². The van der Waals surface area contributed by atoms with E-state index in [1.165, 1.54) is 17.7 Å². The molecule has 2 amide bonds. The summed E-state index contributed by atoms with van der Waals surface area (Å²) < 4.78 is 15.2. The molecular formula is C34H37ClFN5O2. The number of fused-ring (bicyclic) bond motifs is 1. The highest BCUT2D eigenvalue weighted by atomic mass is 35.5. The van der Waals surface area contributed by atoms with Gasteiger partial charge in [-0.15, -0.1) is 0 Å². The second-order valence-corrected chi connectivity index (χ2v) is 11.4. The second-order valence-electron chi connectivity index (χ2n) is 11.0. The van der Waals surface area contributed by atoms with Crippen LogP contribution in [0.25, 0.3) is 11.3 Å². The summed E-state index contributed by atoms with van der Waals surface area (Å²) in [6.45, 7) is 5.49. The van der Waals surface area contributed by atoms with E-state index in [1.807, 2.05) is 42.2 Å². The molecular weight excluding hydrogens is 565 g/mol. The topological polar surface area (TPSA) is 61.7 Å². The van der Waals surface area contributed by atoms with Crippen LogP contribution in [-0.2, 0) is 24.9 Å². The van der Waals surface area contributed by atoms with Crippen molar-refractivity contribution in [3.05, 3.63) is 107 Å². The molecule has 0 aliphatic carbocycles. The molecule has 0 spiro atoms. The maximum atomic E-state index is 14.1. The zero-order valence-corrected chi connectivity index (χ0v) is 25.4. The van der Waals surface area contributed by atoms with Crippen molar-refractivity contribution in [3.63, 3.8) is 0 Å². The van der Waals surface area contributed by atoms with Gasteiger partial charge in [0.1, 0.15) is 5.82 Å². The predicted molar refractivity (Wildman–Crippen MR) is 168 cm³/mol. The van der Waals surface area contributed by atoms with Crippen LogP contribution in [0.2, 0.25) is 5.02 Å². The van der Waals surface area contributed by atoms with Crippen molar-refractivity contribution in [2.75, 3.05) is 31.1 Å². The van der Waals surface area contributed by atoms with Crippen LogP contribution in [0.1, 0.15) is 47.8 Å². The van der Waals surface area contributed by atoms with Crippen LogP contribution >= 0.6 is 11.6 Å². The van der Waals surface area contributed by atoms with Crippen LogP contribution in [0, 0.1) is 5.82 Å². The molecule has 7 nitrogen and oxygen atoms in total. The molecule has 1 aliphatic rings. The van der Waals surface area contributed by atoms with Crippen molar-refractivity contribution in [1.82, 2.24) is 19.6 Å². The van der Waals surface area contributed by atoms with Crippen molar-refractivity contribution in [3.8, 4) is 11.3 Å². The van der Waals surface area contributed by atoms with Crippen molar-refractivity contribution in [2.45, 2.75) is 39.3 Å². The van der Waals surface area contributed by atoms with Crippen LogP contribution in [0.3, 0.4) is 0 Å². The van der Waals surface area contributed by atoms with E-state index in [4.69, 9.17) is 11.6 Å². The summed E-state index contributed by atoms with van der Waals surface area (Å²) in [6, 6.07) is 23.7. The summed E-state index contributed by atoms with van der Waals surface area (Å²) in [5.74, 6) is -0.488. The number of aryl methyl sites for hydroxylation is 1. The van der Waals surface area contributed by atoms with E-state index < -0.39 is 0 Å². The molecule has 0 radical (unpaired) electrons. The number of rotatable bonds is 6. The maximum absolute atomic E-state index is 14.1. The average Bonchev–Trinajstić information content (AvgIpc) is 3.38. The molecule has 224 valence electrons. The molecule has 1 aliphatic heterocycles. The third-order valence-electron chi connectivity index (χ3n) is 7.78. The summed E-state index contributed by atoms with van der Waals surface area (Å²) in [6.07, 6.45) is 1.96. The first-order valence-corrected chi connectivity index (χ1v) is 15.1. The van der Waals surface area contributed by atoms with Gasteiger partial charge < -0.3 is 9.80 Å². The van der Waals surface area contributed by atoms with Crippen LogP contribution in [0.15, 0.2) is 78.9 Å². The molecule has 4 aromatic rings. The maximum Gasteiger partial charge on any atom is 0.274 e. The Morgan fingerprint density at radius 3 is 2.44 bits per heavy atom. The third-order valence-corrected chi connectivity index (χ3v) is 8.02. The second kappa shape index (κ2) is 14.0. The van der Waals surface area contributed by atoms with E-state index in [9.17, 15) is 14.0 Å². The standard InChI is InChI=1S/C34H37ClFN5O2/c1-3-8-33(42)41-18-7-17-39(23-25-9-5-4-6-10-25)19-20-40(24-27-11-14-28(35)21-32(27)41)34(43)30-22-31(38(2)37-30)26-12-15-29(36)16-13-26/h4-6,9-16,21-22H,3,7-8,17-20,23-24H2,1-2H3. The summed E-state index contributed by atoms with van der Waals surface area (Å²) in [7, 11) is 1.78. The minimum absolute atomic E-state index is 0.0476. The fraction of sp³-hybridized carbons (Fsp3) is 0.324. The van der Waals surface area contributed by atoms with E-state index in [-0.39, 0.29) is 17.6 Å². The Morgan fingerprint density at radius 2 is 1.70 bits per heavy atom. The highest BCUT2D eigenvalue weighted by Crippen LogP contribution is 2.29. The van der Waals surface area contributed by atoms with Crippen molar-refractivity contribution < 1.29 is 14.0 Å². The van der Waals surface area contributed by atoms with Gasteiger partial charge in [-0.2, -0.15) is 5.10 Å². The molecule has 0 saturated carbocycles. The number of nitrogens with zero attached hydrogens (tertiary/aromatic N) is 5. The van der Waals surface area contributed by atoms with Crippen LogP contribution in [-0.4, -0.2) is 57.6 Å². The van der Waals surface area contributed by atoms with Crippen molar-refractivity contribution in [2.24, 2.45) is 7.05 Å². The van der Waals surface area contributed by atoms with Gasteiger partial charge in [-0.05, 0) is 72.0 Å². The predicted octanol–water partition coefficient (Wildman–Crippen LogP) is 6.56. The Labute approximate surface area is 257 Å². The van der Waals surface area contributed by atoms with Gasteiger partial charge in [0, 0.05) is 57.8 Å². The molecule has 0 atom stereocenters. The average molecular weight is 602 g/mol.